The number of nitrogens with zero attached hydrogens (tertiary/aromatic N) is 2. The van der Waals surface area contributed by atoms with E-state index in [1.165, 1.54) is 0 Å². The van der Waals surface area contributed by atoms with Gasteiger partial charge in [0.2, 0.25) is 0 Å². The van der Waals surface area contributed by atoms with E-state index >= 15 is 0 Å². The molecule has 0 fully saturated rings. The maximum atomic E-state index is 12.8. The molecule has 28 heavy (non-hydrogen) atoms. The minimum atomic E-state index is -0.697. The number of rotatable bonds is 5. The predicted molar refractivity (Wildman–Crippen MR) is 110 cm³/mol. The van der Waals surface area contributed by atoms with Gasteiger partial charge >= 0.3 is 0 Å². The van der Waals surface area contributed by atoms with Crippen LogP contribution >= 0.6 is 23.2 Å². The van der Waals surface area contributed by atoms with Gasteiger partial charge in [-0.25, -0.2) is 4.68 Å². The van der Waals surface area contributed by atoms with E-state index in [1.807, 2.05) is 30.3 Å². The number of halogens is 2. The third-order valence-electron chi connectivity index (χ3n) is 4.52. The summed E-state index contributed by atoms with van der Waals surface area (Å²) in [7, 11) is 0. The van der Waals surface area contributed by atoms with Crippen LogP contribution in [-0.2, 0) is 4.79 Å². The van der Waals surface area contributed by atoms with Crippen molar-refractivity contribution in [2.75, 3.05) is 0 Å². The van der Waals surface area contributed by atoms with Crippen LogP contribution < -0.4 is 5.32 Å². The van der Waals surface area contributed by atoms with Gasteiger partial charge in [-0.05, 0) is 50.6 Å². The van der Waals surface area contributed by atoms with Gasteiger partial charge in [0.15, 0.2) is 0 Å². The first-order valence-electron chi connectivity index (χ1n) is 8.71. The minimum absolute atomic E-state index is 0.308. The molecular weight excluding hydrogens is 397 g/mol. The number of benzene rings is 2. The lowest BCUT2D eigenvalue weighted by Crippen LogP contribution is -2.33. The summed E-state index contributed by atoms with van der Waals surface area (Å²) >= 11 is 12.0. The molecule has 1 aromatic heterocycles. The summed E-state index contributed by atoms with van der Waals surface area (Å²) in [6.45, 7) is 5.27. The Morgan fingerprint density at radius 2 is 1.71 bits per heavy atom. The Balaban J connectivity index is 1.83. The van der Waals surface area contributed by atoms with Crippen molar-refractivity contribution in [3.05, 3.63) is 81.1 Å². The van der Waals surface area contributed by atoms with E-state index in [4.69, 9.17) is 23.2 Å². The van der Waals surface area contributed by atoms with Gasteiger partial charge in [0.05, 0.1) is 38.7 Å². The summed E-state index contributed by atoms with van der Waals surface area (Å²) in [6.07, 6.45) is 0. The summed E-state index contributed by atoms with van der Waals surface area (Å²) in [5, 5.41) is 7.96. The quantitative estimate of drug-likeness (QED) is 0.478. The highest BCUT2D eigenvalue weighted by Gasteiger charge is 2.26. The molecule has 144 valence electrons. The zero-order chi connectivity index (χ0) is 20.4. The van der Waals surface area contributed by atoms with Crippen LogP contribution in [0.3, 0.4) is 0 Å². The van der Waals surface area contributed by atoms with Gasteiger partial charge in [0, 0.05) is 0 Å². The summed E-state index contributed by atoms with van der Waals surface area (Å²) in [4.78, 5) is 25.4. The van der Waals surface area contributed by atoms with Gasteiger partial charge < -0.3 is 5.32 Å². The van der Waals surface area contributed by atoms with Crippen molar-refractivity contribution >= 4 is 34.9 Å². The van der Waals surface area contributed by atoms with Gasteiger partial charge in [-0.1, -0.05) is 47.5 Å². The Labute approximate surface area is 173 Å². The van der Waals surface area contributed by atoms with E-state index in [2.05, 4.69) is 10.4 Å². The van der Waals surface area contributed by atoms with Crippen LogP contribution in [-0.4, -0.2) is 21.5 Å². The maximum Gasteiger partial charge on any atom is 0.293 e. The first kappa shape index (κ1) is 20.1. The fourth-order valence-electron chi connectivity index (χ4n) is 3.03. The number of ketones is 1. The maximum absolute atomic E-state index is 12.8. The number of aromatic nitrogens is 2. The van der Waals surface area contributed by atoms with E-state index in [0.29, 0.717) is 27.0 Å². The van der Waals surface area contributed by atoms with Crippen molar-refractivity contribution in [3.63, 3.8) is 0 Å². The van der Waals surface area contributed by atoms with Crippen LogP contribution in [0.4, 0.5) is 0 Å². The largest absolute Gasteiger partial charge is 0.343 e. The summed E-state index contributed by atoms with van der Waals surface area (Å²) in [6, 6.07) is 14.1. The van der Waals surface area contributed by atoms with Crippen molar-refractivity contribution in [1.29, 1.82) is 0 Å². The van der Waals surface area contributed by atoms with Gasteiger partial charge in [0.25, 0.3) is 11.7 Å². The van der Waals surface area contributed by atoms with Gasteiger partial charge in [0.1, 0.15) is 0 Å². The molecule has 1 atom stereocenters. The Bertz CT molecular complexity index is 1050. The number of hydrogen-bond acceptors (Lipinski definition) is 3. The Hall–Kier alpha value is -2.63. The average molecular weight is 416 g/mol. The van der Waals surface area contributed by atoms with E-state index < -0.39 is 17.7 Å². The molecule has 2 aromatic carbocycles. The highest BCUT2D eigenvalue weighted by atomic mass is 35.5. The molecule has 3 aromatic rings. The molecule has 1 amide bonds. The van der Waals surface area contributed by atoms with Crippen LogP contribution in [0.1, 0.15) is 40.3 Å². The molecule has 0 unspecified atom stereocenters. The normalized spacial score (nSPS) is 11.9. The van der Waals surface area contributed by atoms with Gasteiger partial charge in [-0.15, -0.1) is 0 Å². The van der Waals surface area contributed by atoms with Crippen molar-refractivity contribution in [2.24, 2.45) is 0 Å². The molecule has 0 aliphatic heterocycles. The third kappa shape index (κ3) is 3.96. The predicted octanol–water partition coefficient (Wildman–Crippen LogP) is 4.86. The number of Topliss-reactive ketones (excluding diaryl/α,β-unsaturated/α-hetero) is 1. The fourth-order valence-corrected chi connectivity index (χ4v) is 3.34. The van der Waals surface area contributed by atoms with Crippen LogP contribution in [0.25, 0.3) is 5.69 Å². The molecule has 0 saturated carbocycles. The Morgan fingerprint density at radius 1 is 1.04 bits per heavy atom. The zero-order valence-electron chi connectivity index (χ0n) is 15.7. The minimum Gasteiger partial charge on any atom is -0.343 e. The average Bonchev–Trinajstić information content (AvgIpc) is 2.98. The summed E-state index contributed by atoms with van der Waals surface area (Å²) in [5.41, 5.74) is 3.01. The lowest BCUT2D eigenvalue weighted by atomic mass is 10.1. The smallest absolute Gasteiger partial charge is 0.293 e. The van der Waals surface area contributed by atoms with Gasteiger partial charge in [-0.2, -0.15) is 5.10 Å². The molecule has 0 radical (unpaired) electrons. The molecule has 7 heteroatoms. The van der Waals surface area contributed by atoms with E-state index in [-0.39, 0.29) is 0 Å². The van der Waals surface area contributed by atoms with Crippen LogP contribution in [0, 0.1) is 13.8 Å². The van der Waals surface area contributed by atoms with Crippen molar-refractivity contribution in [3.8, 4) is 5.69 Å². The number of nitrogens with one attached hydrogen (secondary N) is 1. The molecule has 0 saturated heterocycles. The highest BCUT2D eigenvalue weighted by Crippen LogP contribution is 2.26. The molecule has 1 N–H and O–H groups in total. The van der Waals surface area contributed by atoms with Crippen molar-refractivity contribution in [2.45, 2.75) is 26.8 Å². The Kier molecular flexibility index (Phi) is 5.87. The number of carbonyl (C=O) groups is 2. The Morgan fingerprint density at radius 3 is 2.36 bits per heavy atom. The highest BCUT2D eigenvalue weighted by molar-refractivity contribution is 6.43. The topological polar surface area (TPSA) is 64.0 Å². The SMILES string of the molecule is Cc1nn(-c2ccccc2)c(C)c1C(=O)C(=O)N[C@H](C)c1ccc(Cl)c(Cl)c1. The number of hydrogen-bond donors (Lipinski definition) is 1. The van der Waals surface area contributed by atoms with E-state index in [9.17, 15) is 9.59 Å². The number of para-hydroxylation sites is 1. The molecule has 0 aliphatic carbocycles. The molecule has 0 aliphatic rings. The van der Waals surface area contributed by atoms with Gasteiger partial charge in [-0.3, -0.25) is 9.59 Å². The second-order valence-corrected chi connectivity index (χ2v) is 7.31. The van der Waals surface area contributed by atoms with E-state index in [0.717, 1.165) is 11.3 Å². The van der Waals surface area contributed by atoms with E-state index in [1.54, 1.807) is 43.7 Å². The number of amides is 1. The molecule has 5 nitrogen and oxygen atoms in total. The second kappa shape index (κ2) is 8.17. The molecule has 0 spiro atoms. The second-order valence-electron chi connectivity index (χ2n) is 6.49. The molecule has 1 heterocycles. The fraction of sp³-hybridized carbons (Fsp3) is 0.190. The molecular formula is C21H19Cl2N3O2. The lowest BCUT2D eigenvalue weighted by Gasteiger charge is -2.14. The number of aryl methyl sites for hydroxylation is 1. The first-order valence-corrected chi connectivity index (χ1v) is 9.47. The standard InChI is InChI=1S/C21H19Cl2N3O2/c1-12(15-9-10-17(22)18(23)11-15)24-21(28)20(27)19-13(2)25-26(14(19)3)16-7-5-4-6-8-16/h4-12H,1-3H3,(H,24,28)/t12-/m1/s1. The molecule has 0 bridgehead atoms. The third-order valence-corrected chi connectivity index (χ3v) is 5.26. The van der Waals surface area contributed by atoms with Crippen LogP contribution in [0.5, 0.6) is 0 Å². The monoisotopic (exact) mass is 415 g/mol. The summed E-state index contributed by atoms with van der Waals surface area (Å²) < 4.78 is 1.66. The van der Waals surface area contributed by atoms with Crippen LogP contribution in [0.2, 0.25) is 10.0 Å². The lowest BCUT2D eigenvalue weighted by molar-refractivity contribution is -0.117. The summed E-state index contributed by atoms with van der Waals surface area (Å²) in [5.74, 6) is -1.32. The zero-order valence-corrected chi connectivity index (χ0v) is 17.2. The van der Waals surface area contributed by atoms with Crippen molar-refractivity contribution < 1.29 is 9.59 Å². The van der Waals surface area contributed by atoms with Crippen molar-refractivity contribution in [1.82, 2.24) is 15.1 Å². The first-order chi connectivity index (χ1) is 13.3. The van der Waals surface area contributed by atoms with Crippen LogP contribution in [0.15, 0.2) is 48.5 Å². The molecule has 3 rings (SSSR count). The number of carbonyl (C=O) groups excluding carboxylic acids is 2.